The summed E-state index contributed by atoms with van der Waals surface area (Å²) < 4.78 is 67.9. The molecule has 0 bridgehead atoms. The molecule has 17 nitrogen and oxygen atoms in total. The van der Waals surface area contributed by atoms with E-state index in [1.807, 2.05) is 0 Å². The normalized spacial score (nSPS) is 14.5. The molecule has 19 heteroatoms. The Morgan fingerprint density at radius 2 is 0.512 bits per heavy atom. The maximum atomic E-state index is 13.0. The SMILES string of the molecule is CC(C)CCCCCCCCCCCCC(=O)O[C@H](COC(=O)CCCCCCCCC(C)C)COP(=O)(O)OCC(O)COP(=O)(O)OC[C@@H](COC(=O)CCCCCCCCCCC(C)C)OC(=O)CCCCCCCCC(C)C. The van der Waals surface area contributed by atoms with Crippen molar-refractivity contribution in [2.45, 2.75) is 318 Å². The van der Waals surface area contributed by atoms with E-state index in [0.717, 1.165) is 108 Å². The number of carbonyl (C=O) groups is 4. The van der Waals surface area contributed by atoms with Crippen molar-refractivity contribution in [2.75, 3.05) is 39.6 Å². The Morgan fingerprint density at radius 3 is 0.756 bits per heavy atom. The highest BCUT2D eigenvalue weighted by molar-refractivity contribution is 7.47. The molecule has 0 rings (SSSR count). The summed E-state index contributed by atoms with van der Waals surface area (Å²) >= 11 is 0. The fraction of sp³-hybridized carbons (Fsp3) is 0.937. The quantitative estimate of drug-likeness (QED) is 0.0222. The highest BCUT2D eigenvalue weighted by Gasteiger charge is 2.30. The number of phosphoric acid groups is 2. The van der Waals surface area contributed by atoms with Crippen LogP contribution in [0.15, 0.2) is 0 Å². The number of aliphatic hydroxyl groups excluding tert-OH is 1. The van der Waals surface area contributed by atoms with Gasteiger partial charge in [0.05, 0.1) is 26.4 Å². The summed E-state index contributed by atoms with van der Waals surface area (Å²) in [5.74, 6) is 0.681. The van der Waals surface area contributed by atoms with Crippen LogP contribution in [0.4, 0.5) is 0 Å². The summed E-state index contributed by atoms with van der Waals surface area (Å²) in [7, 11) is -9.89. The average Bonchev–Trinajstić information content (AvgIpc) is 3.43. The number of esters is 4. The topological polar surface area (TPSA) is 237 Å². The van der Waals surface area contributed by atoms with E-state index in [0.29, 0.717) is 37.5 Å². The fourth-order valence-corrected chi connectivity index (χ4v) is 10.8. The van der Waals surface area contributed by atoms with Crippen molar-refractivity contribution in [1.82, 2.24) is 0 Å². The summed E-state index contributed by atoms with van der Waals surface area (Å²) in [6.45, 7) is 13.9. The van der Waals surface area contributed by atoms with Crippen LogP contribution in [0, 0.1) is 23.7 Å². The third-order valence-electron chi connectivity index (χ3n) is 14.3. The number of hydrogen-bond donors (Lipinski definition) is 3. The van der Waals surface area contributed by atoms with Gasteiger partial charge in [-0.2, -0.15) is 0 Å². The number of rotatable bonds is 60. The van der Waals surface area contributed by atoms with E-state index in [2.05, 4.69) is 55.4 Å². The molecule has 0 aliphatic heterocycles. The monoisotopic (exact) mass is 1210 g/mol. The molecular weight excluding hydrogens is 1090 g/mol. The van der Waals surface area contributed by atoms with Crippen LogP contribution in [0.2, 0.25) is 0 Å². The highest BCUT2D eigenvalue weighted by atomic mass is 31.2. The van der Waals surface area contributed by atoms with Crippen molar-refractivity contribution in [3.05, 3.63) is 0 Å². The van der Waals surface area contributed by atoms with Crippen LogP contribution in [0.1, 0.15) is 299 Å². The lowest BCUT2D eigenvalue weighted by molar-refractivity contribution is -0.161. The molecule has 3 N–H and O–H groups in total. The van der Waals surface area contributed by atoms with Gasteiger partial charge in [0.1, 0.15) is 19.3 Å². The second kappa shape index (κ2) is 53.3. The van der Waals surface area contributed by atoms with Gasteiger partial charge in [-0.15, -0.1) is 0 Å². The molecule has 0 aromatic rings. The standard InChI is InChI=1S/C63H122O17P2/c1-53(2)39-31-23-15-11-9-10-12-18-29-37-45-62(67)79-58(50-74-61(66)44-36-28-21-19-25-33-41-55(5)6)51-77-81(69,70)75-47-57(64)48-76-82(71,72)78-52-59(80-63(68)46-38-30-22-20-26-34-42-56(7)8)49-73-60(65)43-35-27-17-14-13-16-24-32-40-54(3)4/h53-59,64H,9-52H2,1-8H3,(H,69,70)(H,71,72)/t57?,58-,59-/m1/s1. The van der Waals surface area contributed by atoms with E-state index in [4.69, 9.17) is 37.0 Å². The Labute approximate surface area is 498 Å². The number of hydrogen-bond acceptors (Lipinski definition) is 15. The first-order valence-corrected chi connectivity index (χ1v) is 35.7. The van der Waals surface area contributed by atoms with Crippen molar-refractivity contribution in [2.24, 2.45) is 23.7 Å². The zero-order valence-corrected chi connectivity index (χ0v) is 54.9. The third-order valence-corrected chi connectivity index (χ3v) is 16.2. The minimum Gasteiger partial charge on any atom is -0.462 e. The predicted molar refractivity (Wildman–Crippen MR) is 326 cm³/mol. The van der Waals surface area contributed by atoms with Gasteiger partial charge in [-0.3, -0.25) is 37.3 Å². The number of phosphoric ester groups is 2. The van der Waals surface area contributed by atoms with Crippen LogP contribution in [0.5, 0.6) is 0 Å². The molecule has 3 unspecified atom stereocenters. The minimum absolute atomic E-state index is 0.101. The Kier molecular flexibility index (Phi) is 52.0. The molecule has 0 aliphatic rings. The van der Waals surface area contributed by atoms with E-state index in [1.165, 1.54) is 96.3 Å². The zero-order valence-electron chi connectivity index (χ0n) is 53.1. The number of carbonyl (C=O) groups excluding carboxylic acids is 4. The largest absolute Gasteiger partial charge is 0.472 e. The Morgan fingerprint density at radius 1 is 0.305 bits per heavy atom. The van der Waals surface area contributed by atoms with Gasteiger partial charge < -0.3 is 33.8 Å². The minimum atomic E-state index is -4.94. The van der Waals surface area contributed by atoms with Gasteiger partial charge in [-0.05, 0) is 49.4 Å². The van der Waals surface area contributed by atoms with E-state index < -0.39 is 97.5 Å². The zero-order chi connectivity index (χ0) is 61.1. The van der Waals surface area contributed by atoms with Gasteiger partial charge in [0.2, 0.25) is 0 Å². The molecule has 0 aliphatic carbocycles. The van der Waals surface area contributed by atoms with Gasteiger partial charge in [0, 0.05) is 25.7 Å². The fourth-order valence-electron chi connectivity index (χ4n) is 9.25. The molecular formula is C63H122O17P2. The van der Waals surface area contributed by atoms with Crippen LogP contribution >= 0.6 is 15.6 Å². The molecule has 0 saturated carbocycles. The van der Waals surface area contributed by atoms with Crippen LogP contribution < -0.4 is 0 Å². The number of aliphatic hydroxyl groups is 1. The molecule has 0 fully saturated rings. The van der Waals surface area contributed by atoms with E-state index in [1.54, 1.807) is 0 Å². The van der Waals surface area contributed by atoms with E-state index >= 15 is 0 Å². The maximum Gasteiger partial charge on any atom is 0.472 e. The first kappa shape index (κ1) is 80.1. The van der Waals surface area contributed by atoms with Crippen LogP contribution in [-0.4, -0.2) is 96.7 Å². The van der Waals surface area contributed by atoms with E-state index in [-0.39, 0.29) is 25.7 Å². The molecule has 0 heterocycles. The van der Waals surface area contributed by atoms with Gasteiger partial charge in [0.25, 0.3) is 0 Å². The van der Waals surface area contributed by atoms with Gasteiger partial charge >= 0.3 is 39.5 Å². The lowest BCUT2D eigenvalue weighted by Gasteiger charge is -2.21. The molecule has 82 heavy (non-hydrogen) atoms. The van der Waals surface area contributed by atoms with Crippen molar-refractivity contribution in [3.63, 3.8) is 0 Å². The second-order valence-electron chi connectivity index (χ2n) is 24.7. The molecule has 0 radical (unpaired) electrons. The first-order chi connectivity index (χ1) is 39.1. The molecule has 0 spiro atoms. The van der Waals surface area contributed by atoms with Crippen molar-refractivity contribution in [3.8, 4) is 0 Å². The Bertz CT molecular complexity index is 1640. The lowest BCUT2D eigenvalue weighted by atomic mass is 10.0. The van der Waals surface area contributed by atoms with Crippen molar-refractivity contribution in [1.29, 1.82) is 0 Å². The summed E-state index contributed by atoms with van der Waals surface area (Å²) in [5, 5.41) is 10.5. The van der Waals surface area contributed by atoms with Crippen LogP contribution in [-0.2, 0) is 65.4 Å². The highest BCUT2D eigenvalue weighted by Crippen LogP contribution is 2.45. The average molecular weight is 1210 g/mol. The van der Waals surface area contributed by atoms with Gasteiger partial charge in [-0.1, -0.05) is 248 Å². The van der Waals surface area contributed by atoms with E-state index in [9.17, 15) is 43.2 Å². The lowest BCUT2D eigenvalue weighted by Crippen LogP contribution is -2.30. The van der Waals surface area contributed by atoms with Crippen LogP contribution in [0.3, 0.4) is 0 Å². The third kappa shape index (κ3) is 57.2. The van der Waals surface area contributed by atoms with Crippen LogP contribution in [0.25, 0.3) is 0 Å². The molecule has 0 saturated heterocycles. The summed E-state index contributed by atoms with van der Waals surface area (Å²) in [5.41, 5.74) is 0. The second-order valence-corrected chi connectivity index (χ2v) is 27.6. The summed E-state index contributed by atoms with van der Waals surface area (Å²) in [6.07, 6.45) is 32.4. The summed E-state index contributed by atoms with van der Waals surface area (Å²) in [4.78, 5) is 72.1. The molecule has 0 amide bonds. The van der Waals surface area contributed by atoms with Crippen molar-refractivity contribution >= 4 is 39.5 Å². The predicted octanol–water partition coefficient (Wildman–Crippen LogP) is 17.0. The molecule has 0 aromatic heterocycles. The Hall–Kier alpha value is -1.94. The molecule has 0 aromatic carbocycles. The molecule has 486 valence electrons. The van der Waals surface area contributed by atoms with Gasteiger partial charge in [0.15, 0.2) is 12.2 Å². The number of ether oxygens (including phenoxy) is 4. The molecule has 5 atom stereocenters. The number of unbranched alkanes of at least 4 members (excludes halogenated alkanes) is 26. The first-order valence-electron chi connectivity index (χ1n) is 32.7. The maximum absolute atomic E-state index is 13.0. The Balaban J connectivity index is 5.23. The van der Waals surface area contributed by atoms with Crippen molar-refractivity contribution < 1.29 is 80.2 Å². The van der Waals surface area contributed by atoms with Gasteiger partial charge in [-0.25, -0.2) is 9.13 Å². The smallest absolute Gasteiger partial charge is 0.462 e. The summed E-state index contributed by atoms with van der Waals surface area (Å²) in [6, 6.07) is 0.